The third kappa shape index (κ3) is 3.20. The lowest BCUT2D eigenvalue weighted by molar-refractivity contribution is 0.0663. The van der Waals surface area contributed by atoms with Crippen LogP contribution in [0.25, 0.3) is 11.3 Å². The van der Waals surface area contributed by atoms with Crippen molar-refractivity contribution in [1.29, 1.82) is 0 Å². The van der Waals surface area contributed by atoms with Crippen LogP contribution in [-0.2, 0) is 0 Å². The van der Waals surface area contributed by atoms with Crippen LogP contribution >= 0.6 is 0 Å². The van der Waals surface area contributed by atoms with Crippen molar-refractivity contribution in [2.75, 3.05) is 5.32 Å². The average Bonchev–Trinajstić information content (AvgIpc) is 3.06. The number of furan rings is 1. The summed E-state index contributed by atoms with van der Waals surface area (Å²) in [4.78, 5) is 23.1. The first-order valence-electron chi connectivity index (χ1n) is 7.35. The Hall–Kier alpha value is -3.34. The Morgan fingerprint density at radius 3 is 2.38 bits per heavy atom. The summed E-state index contributed by atoms with van der Waals surface area (Å²) in [5, 5.41) is 11.8. The van der Waals surface area contributed by atoms with E-state index in [-0.39, 0.29) is 11.7 Å². The van der Waals surface area contributed by atoms with Gasteiger partial charge < -0.3 is 14.8 Å². The molecule has 0 radical (unpaired) electrons. The molecule has 0 spiro atoms. The van der Waals surface area contributed by atoms with Crippen molar-refractivity contribution in [3.05, 3.63) is 77.6 Å². The highest BCUT2D eigenvalue weighted by Gasteiger charge is 2.13. The lowest BCUT2D eigenvalue weighted by atomic mass is 10.1. The second kappa shape index (κ2) is 6.42. The molecule has 1 amide bonds. The molecule has 5 heteroatoms. The SMILES string of the molecule is Cc1cc(NC(=O)c2ccccc2)ccc1-c1ccc(C(=O)O)o1. The topological polar surface area (TPSA) is 79.5 Å². The van der Waals surface area contributed by atoms with Crippen molar-refractivity contribution in [3.8, 4) is 11.3 Å². The van der Waals surface area contributed by atoms with Gasteiger partial charge in [-0.25, -0.2) is 4.79 Å². The lowest BCUT2D eigenvalue weighted by Crippen LogP contribution is -2.11. The van der Waals surface area contributed by atoms with Crippen molar-refractivity contribution in [2.45, 2.75) is 6.92 Å². The summed E-state index contributed by atoms with van der Waals surface area (Å²) in [5.74, 6) is -0.920. The third-order valence-corrected chi connectivity index (χ3v) is 3.60. The number of carbonyl (C=O) groups excluding carboxylic acids is 1. The van der Waals surface area contributed by atoms with Crippen LogP contribution in [0.3, 0.4) is 0 Å². The van der Waals surface area contributed by atoms with Gasteiger partial charge in [-0.2, -0.15) is 0 Å². The number of carbonyl (C=O) groups is 2. The van der Waals surface area contributed by atoms with Gasteiger partial charge in [0.1, 0.15) is 5.76 Å². The van der Waals surface area contributed by atoms with Crippen LogP contribution in [0.4, 0.5) is 5.69 Å². The minimum atomic E-state index is -1.11. The number of aromatic carboxylic acids is 1. The fraction of sp³-hybridized carbons (Fsp3) is 0.0526. The van der Waals surface area contributed by atoms with Crippen molar-refractivity contribution in [1.82, 2.24) is 0 Å². The van der Waals surface area contributed by atoms with Crippen LogP contribution in [0.5, 0.6) is 0 Å². The second-order valence-corrected chi connectivity index (χ2v) is 5.32. The van der Waals surface area contributed by atoms with Crippen LogP contribution < -0.4 is 5.32 Å². The maximum absolute atomic E-state index is 12.2. The van der Waals surface area contributed by atoms with Gasteiger partial charge in [-0.3, -0.25) is 4.79 Å². The Labute approximate surface area is 138 Å². The molecule has 0 aliphatic carbocycles. The highest BCUT2D eigenvalue weighted by molar-refractivity contribution is 6.04. The smallest absolute Gasteiger partial charge is 0.371 e. The number of anilines is 1. The number of aryl methyl sites for hydroxylation is 1. The van der Waals surface area contributed by atoms with Gasteiger partial charge in [0.2, 0.25) is 5.76 Å². The van der Waals surface area contributed by atoms with E-state index in [2.05, 4.69) is 5.32 Å². The number of benzene rings is 2. The van der Waals surface area contributed by atoms with E-state index in [0.717, 1.165) is 11.1 Å². The number of amides is 1. The molecule has 0 fully saturated rings. The van der Waals surface area contributed by atoms with Crippen molar-refractivity contribution in [2.24, 2.45) is 0 Å². The number of hydrogen-bond donors (Lipinski definition) is 2. The summed E-state index contributed by atoms with van der Waals surface area (Å²) >= 11 is 0. The zero-order valence-electron chi connectivity index (χ0n) is 12.9. The molecule has 3 rings (SSSR count). The number of hydrogen-bond acceptors (Lipinski definition) is 3. The molecule has 0 saturated heterocycles. The molecule has 0 atom stereocenters. The predicted octanol–water partition coefficient (Wildman–Crippen LogP) is 4.21. The molecule has 120 valence electrons. The predicted molar refractivity (Wildman–Crippen MR) is 90.2 cm³/mol. The Bertz CT molecular complexity index is 897. The first-order chi connectivity index (χ1) is 11.5. The molecular formula is C19H15NO4. The number of nitrogens with one attached hydrogen (secondary N) is 1. The first kappa shape index (κ1) is 15.6. The standard InChI is InChI=1S/C19H15NO4/c1-12-11-14(20-18(21)13-5-3-2-4-6-13)7-8-15(12)16-9-10-17(24-16)19(22)23/h2-11H,1H3,(H,20,21)(H,22,23). The normalized spacial score (nSPS) is 10.4. The zero-order valence-corrected chi connectivity index (χ0v) is 12.9. The first-order valence-corrected chi connectivity index (χ1v) is 7.35. The van der Waals surface area contributed by atoms with Gasteiger partial charge in [0.25, 0.3) is 5.91 Å². The molecule has 0 aliphatic heterocycles. The van der Waals surface area contributed by atoms with E-state index in [9.17, 15) is 9.59 Å². The van der Waals surface area contributed by atoms with Crippen LogP contribution in [0.15, 0.2) is 65.1 Å². The van der Waals surface area contributed by atoms with Crippen LogP contribution in [0.2, 0.25) is 0 Å². The molecule has 1 heterocycles. The molecule has 24 heavy (non-hydrogen) atoms. The minimum absolute atomic E-state index is 0.106. The Morgan fingerprint density at radius 1 is 1.00 bits per heavy atom. The molecule has 2 aromatic carbocycles. The van der Waals surface area contributed by atoms with E-state index in [1.807, 2.05) is 19.1 Å². The largest absolute Gasteiger partial charge is 0.475 e. The molecule has 0 saturated carbocycles. The molecular weight excluding hydrogens is 306 g/mol. The van der Waals surface area contributed by atoms with Gasteiger partial charge in [-0.15, -0.1) is 0 Å². The molecule has 0 unspecified atom stereocenters. The van der Waals surface area contributed by atoms with Crippen molar-refractivity contribution < 1.29 is 19.1 Å². The van der Waals surface area contributed by atoms with E-state index in [1.165, 1.54) is 6.07 Å². The van der Waals surface area contributed by atoms with Crippen molar-refractivity contribution >= 4 is 17.6 Å². The summed E-state index contributed by atoms with van der Waals surface area (Å²) in [6.45, 7) is 1.87. The number of carboxylic acids is 1. The van der Waals surface area contributed by atoms with E-state index < -0.39 is 5.97 Å². The maximum atomic E-state index is 12.2. The Kier molecular flexibility index (Phi) is 4.16. The Balaban J connectivity index is 1.82. The third-order valence-electron chi connectivity index (χ3n) is 3.60. The number of carboxylic acid groups (broad SMARTS) is 1. The van der Waals surface area contributed by atoms with Crippen LogP contribution in [0.1, 0.15) is 26.5 Å². The van der Waals surface area contributed by atoms with Crippen molar-refractivity contribution in [3.63, 3.8) is 0 Å². The fourth-order valence-corrected chi connectivity index (χ4v) is 2.41. The quantitative estimate of drug-likeness (QED) is 0.754. The van der Waals surface area contributed by atoms with E-state index in [0.29, 0.717) is 17.0 Å². The van der Waals surface area contributed by atoms with E-state index >= 15 is 0 Å². The summed E-state index contributed by atoms with van der Waals surface area (Å²) in [5.41, 5.74) is 2.89. The average molecular weight is 321 g/mol. The van der Waals surface area contributed by atoms with Crippen LogP contribution in [-0.4, -0.2) is 17.0 Å². The van der Waals surface area contributed by atoms with Gasteiger partial charge in [0.15, 0.2) is 0 Å². The summed E-state index contributed by atoms with van der Waals surface area (Å²) < 4.78 is 5.32. The van der Waals surface area contributed by atoms with Gasteiger partial charge in [0.05, 0.1) is 0 Å². The van der Waals surface area contributed by atoms with Gasteiger partial charge in [-0.1, -0.05) is 18.2 Å². The molecule has 0 bridgehead atoms. The highest BCUT2D eigenvalue weighted by Crippen LogP contribution is 2.28. The van der Waals surface area contributed by atoms with Gasteiger partial charge in [-0.05, 0) is 55.0 Å². The molecule has 5 nitrogen and oxygen atoms in total. The van der Waals surface area contributed by atoms with Crippen LogP contribution in [0, 0.1) is 6.92 Å². The molecule has 1 aromatic heterocycles. The van der Waals surface area contributed by atoms with Gasteiger partial charge >= 0.3 is 5.97 Å². The molecule has 3 aromatic rings. The number of rotatable bonds is 4. The molecule has 0 aliphatic rings. The van der Waals surface area contributed by atoms with E-state index in [4.69, 9.17) is 9.52 Å². The zero-order chi connectivity index (χ0) is 17.1. The van der Waals surface area contributed by atoms with Gasteiger partial charge in [0, 0.05) is 16.8 Å². The monoisotopic (exact) mass is 321 g/mol. The Morgan fingerprint density at radius 2 is 1.75 bits per heavy atom. The second-order valence-electron chi connectivity index (χ2n) is 5.32. The summed E-state index contributed by atoms with van der Waals surface area (Å²) in [7, 11) is 0. The fourth-order valence-electron chi connectivity index (χ4n) is 2.41. The lowest BCUT2D eigenvalue weighted by Gasteiger charge is -2.09. The summed E-state index contributed by atoms with van der Waals surface area (Å²) in [6.07, 6.45) is 0. The summed E-state index contributed by atoms with van der Waals surface area (Å²) in [6, 6.07) is 17.4. The highest BCUT2D eigenvalue weighted by atomic mass is 16.4. The molecule has 2 N–H and O–H groups in total. The maximum Gasteiger partial charge on any atom is 0.371 e. The van der Waals surface area contributed by atoms with E-state index in [1.54, 1.807) is 42.5 Å². The minimum Gasteiger partial charge on any atom is -0.475 e.